The first-order valence-electron chi connectivity index (χ1n) is 8.37. The summed E-state index contributed by atoms with van der Waals surface area (Å²) in [7, 11) is 0. The molecule has 1 N–H and O–H groups in total. The summed E-state index contributed by atoms with van der Waals surface area (Å²) in [4.78, 5) is 26.7. The van der Waals surface area contributed by atoms with Crippen molar-refractivity contribution >= 4 is 40.6 Å². The molecule has 1 amide bonds. The van der Waals surface area contributed by atoms with E-state index in [2.05, 4.69) is 4.98 Å². The number of anilines is 1. The number of carbonyl (C=O) groups excluding carboxylic acids is 2. The van der Waals surface area contributed by atoms with Crippen molar-refractivity contribution in [3.63, 3.8) is 0 Å². The van der Waals surface area contributed by atoms with Gasteiger partial charge in [0.25, 0.3) is 5.88 Å². The highest BCUT2D eigenvalue weighted by atomic mass is 35.5. The third kappa shape index (κ3) is 5.96. The van der Waals surface area contributed by atoms with Crippen LogP contribution >= 0.6 is 23.2 Å². The quantitative estimate of drug-likeness (QED) is 0.404. The fourth-order valence-corrected chi connectivity index (χ4v) is 2.64. The van der Waals surface area contributed by atoms with Gasteiger partial charge in [-0.1, -0.05) is 30.1 Å². The monoisotopic (exact) mass is 468 g/mol. The second-order valence-corrected chi connectivity index (χ2v) is 6.55. The standard InChI is InChI=1S/C18H14Cl2F4N2O4/c1-2-6-29-17-11(4-3-5-25-17)30-16-9(19)7-10(21)15(14(16)20)26-13(28)8-12(27)18(22,23)24/h3-5,7H,2,6,8H2,1H3,(H,26,28). The van der Waals surface area contributed by atoms with Crippen molar-refractivity contribution in [2.75, 3.05) is 11.9 Å². The zero-order valence-corrected chi connectivity index (χ0v) is 16.8. The lowest BCUT2D eigenvalue weighted by Gasteiger charge is -2.16. The minimum Gasteiger partial charge on any atom is -0.475 e. The van der Waals surface area contributed by atoms with E-state index in [1.54, 1.807) is 0 Å². The number of carbonyl (C=O) groups is 2. The molecule has 2 aromatic rings. The molecule has 0 aliphatic rings. The van der Waals surface area contributed by atoms with Gasteiger partial charge in [-0.2, -0.15) is 13.2 Å². The second kappa shape index (κ2) is 9.94. The van der Waals surface area contributed by atoms with E-state index in [0.717, 1.165) is 6.07 Å². The summed E-state index contributed by atoms with van der Waals surface area (Å²) in [5.74, 6) is -4.98. The van der Waals surface area contributed by atoms with E-state index in [-0.39, 0.29) is 22.4 Å². The minimum absolute atomic E-state index is 0.0749. The number of pyridine rings is 1. The zero-order valence-electron chi connectivity index (χ0n) is 15.3. The zero-order chi connectivity index (χ0) is 22.5. The molecule has 0 radical (unpaired) electrons. The number of hydrogen-bond donors (Lipinski definition) is 1. The number of ether oxygens (including phenoxy) is 2. The van der Waals surface area contributed by atoms with Crippen LogP contribution in [-0.4, -0.2) is 29.5 Å². The fraction of sp³-hybridized carbons (Fsp3) is 0.278. The van der Waals surface area contributed by atoms with Crippen molar-refractivity contribution in [2.45, 2.75) is 25.9 Å². The van der Waals surface area contributed by atoms with Gasteiger partial charge in [0.2, 0.25) is 11.7 Å². The maximum absolute atomic E-state index is 14.2. The molecule has 1 heterocycles. The Balaban J connectivity index is 2.32. The van der Waals surface area contributed by atoms with Crippen LogP contribution in [0.1, 0.15) is 19.8 Å². The van der Waals surface area contributed by atoms with Crippen LogP contribution in [-0.2, 0) is 9.59 Å². The number of halogens is 6. The van der Waals surface area contributed by atoms with Gasteiger partial charge < -0.3 is 14.8 Å². The molecular formula is C18H14Cl2F4N2O4. The summed E-state index contributed by atoms with van der Waals surface area (Å²) < 4.78 is 62.1. The maximum Gasteiger partial charge on any atom is 0.450 e. The lowest BCUT2D eigenvalue weighted by atomic mass is 10.2. The molecule has 1 aromatic heterocycles. The van der Waals surface area contributed by atoms with Crippen molar-refractivity contribution < 1.29 is 36.6 Å². The van der Waals surface area contributed by atoms with Gasteiger partial charge in [0.05, 0.1) is 23.7 Å². The maximum atomic E-state index is 14.2. The van der Waals surface area contributed by atoms with Crippen LogP contribution in [0.2, 0.25) is 10.0 Å². The van der Waals surface area contributed by atoms with Crippen LogP contribution in [0.3, 0.4) is 0 Å². The Hall–Kier alpha value is -2.59. The van der Waals surface area contributed by atoms with E-state index in [4.69, 9.17) is 32.7 Å². The Morgan fingerprint density at radius 1 is 1.27 bits per heavy atom. The Kier molecular flexibility index (Phi) is 7.85. The molecule has 2 rings (SSSR count). The molecule has 0 aliphatic carbocycles. The molecule has 0 atom stereocenters. The number of benzene rings is 1. The molecule has 0 saturated heterocycles. The highest BCUT2D eigenvalue weighted by molar-refractivity contribution is 6.39. The average molecular weight is 469 g/mol. The fourth-order valence-electron chi connectivity index (χ4n) is 2.08. The van der Waals surface area contributed by atoms with E-state index >= 15 is 0 Å². The van der Waals surface area contributed by atoms with Gasteiger partial charge in [-0.3, -0.25) is 9.59 Å². The summed E-state index contributed by atoms with van der Waals surface area (Å²) in [5.41, 5.74) is -0.698. The Morgan fingerprint density at radius 3 is 2.60 bits per heavy atom. The predicted octanol–water partition coefficient (Wildman–Crippen LogP) is 5.57. The summed E-state index contributed by atoms with van der Waals surface area (Å²) in [5, 5.41) is 1.02. The van der Waals surface area contributed by atoms with Crippen molar-refractivity contribution in [2.24, 2.45) is 0 Å². The number of alkyl halides is 3. The van der Waals surface area contributed by atoms with Crippen molar-refractivity contribution in [1.29, 1.82) is 0 Å². The summed E-state index contributed by atoms with van der Waals surface area (Å²) in [6.07, 6.45) is -4.63. The lowest BCUT2D eigenvalue weighted by molar-refractivity contribution is -0.171. The Bertz CT molecular complexity index is 955. The van der Waals surface area contributed by atoms with Crippen molar-refractivity contribution in [3.05, 3.63) is 40.3 Å². The minimum atomic E-state index is -5.21. The molecular weight excluding hydrogens is 455 g/mol. The highest BCUT2D eigenvalue weighted by Crippen LogP contribution is 2.44. The third-order valence-electron chi connectivity index (χ3n) is 3.42. The van der Waals surface area contributed by atoms with Crippen LogP contribution in [0, 0.1) is 5.82 Å². The van der Waals surface area contributed by atoms with Gasteiger partial charge in [-0.25, -0.2) is 9.37 Å². The molecule has 0 aliphatic heterocycles. The first-order valence-corrected chi connectivity index (χ1v) is 9.13. The molecule has 6 nitrogen and oxygen atoms in total. The number of Topliss-reactive ketones (excluding diaryl/α,β-unsaturated/α-hetero) is 1. The van der Waals surface area contributed by atoms with Crippen LogP contribution in [0.15, 0.2) is 24.4 Å². The molecule has 0 saturated carbocycles. The number of aromatic nitrogens is 1. The van der Waals surface area contributed by atoms with Crippen molar-refractivity contribution in [3.8, 4) is 17.4 Å². The Morgan fingerprint density at radius 2 is 1.97 bits per heavy atom. The summed E-state index contributed by atoms with van der Waals surface area (Å²) in [6, 6.07) is 3.73. The molecule has 0 bridgehead atoms. The average Bonchev–Trinajstić information content (AvgIpc) is 2.66. The summed E-state index contributed by atoms with van der Waals surface area (Å²) in [6.45, 7) is 2.20. The highest BCUT2D eigenvalue weighted by Gasteiger charge is 2.39. The predicted molar refractivity (Wildman–Crippen MR) is 101 cm³/mol. The second-order valence-electron chi connectivity index (χ2n) is 5.76. The largest absolute Gasteiger partial charge is 0.475 e. The van der Waals surface area contributed by atoms with E-state index < -0.39 is 40.8 Å². The van der Waals surface area contributed by atoms with Gasteiger partial charge in [0, 0.05) is 6.20 Å². The van der Waals surface area contributed by atoms with Gasteiger partial charge in [-0.15, -0.1) is 0 Å². The van der Waals surface area contributed by atoms with Crippen LogP contribution in [0.4, 0.5) is 23.2 Å². The van der Waals surface area contributed by atoms with E-state index in [9.17, 15) is 27.2 Å². The molecule has 12 heteroatoms. The first kappa shape index (κ1) is 23.7. The number of nitrogens with zero attached hydrogens (tertiary/aromatic N) is 1. The van der Waals surface area contributed by atoms with Crippen molar-refractivity contribution in [1.82, 2.24) is 4.98 Å². The third-order valence-corrected chi connectivity index (χ3v) is 4.06. The molecule has 30 heavy (non-hydrogen) atoms. The number of rotatable bonds is 8. The molecule has 0 unspecified atom stereocenters. The van der Waals surface area contributed by atoms with Gasteiger partial charge >= 0.3 is 6.18 Å². The SMILES string of the molecule is CCCOc1ncccc1Oc1c(Cl)cc(F)c(NC(=O)CC(=O)C(F)(F)F)c1Cl. The number of nitrogens with one attached hydrogen (secondary N) is 1. The molecule has 0 fully saturated rings. The normalized spacial score (nSPS) is 11.2. The van der Waals surface area contributed by atoms with E-state index in [1.807, 2.05) is 12.2 Å². The number of amides is 1. The van der Waals surface area contributed by atoms with Gasteiger partial charge in [0.15, 0.2) is 11.5 Å². The lowest BCUT2D eigenvalue weighted by Crippen LogP contribution is -2.28. The van der Waals surface area contributed by atoms with Crippen LogP contribution in [0.5, 0.6) is 17.4 Å². The van der Waals surface area contributed by atoms with Crippen LogP contribution in [0.25, 0.3) is 0 Å². The number of hydrogen-bond acceptors (Lipinski definition) is 5. The van der Waals surface area contributed by atoms with Gasteiger partial charge in [0.1, 0.15) is 10.8 Å². The van der Waals surface area contributed by atoms with E-state index in [1.165, 1.54) is 18.3 Å². The Labute approximate surface area is 178 Å². The smallest absolute Gasteiger partial charge is 0.450 e. The number of ketones is 1. The topological polar surface area (TPSA) is 77.5 Å². The van der Waals surface area contributed by atoms with E-state index in [0.29, 0.717) is 13.0 Å². The van der Waals surface area contributed by atoms with Gasteiger partial charge in [-0.05, 0) is 24.6 Å². The molecule has 0 spiro atoms. The molecule has 1 aromatic carbocycles. The molecule has 162 valence electrons. The van der Waals surface area contributed by atoms with Crippen LogP contribution < -0.4 is 14.8 Å². The summed E-state index contributed by atoms with van der Waals surface area (Å²) >= 11 is 12.0. The first-order chi connectivity index (χ1) is 14.0.